The van der Waals surface area contributed by atoms with Crippen molar-refractivity contribution in [2.24, 2.45) is 11.8 Å². The molecule has 0 unspecified atom stereocenters. The van der Waals surface area contributed by atoms with Crippen molar-refractivity contribution in [3.63, 3.8) is 0 Å². The van der Waals surface area contributed by atoms with Crippen molar-refractivity contribution in [1.82, 2.24) is 5.32 Å². The fraction of sp³-hybridized carbons (Fsp3) is 0.818. The summed E-state index contributed by atoms with van der Waals surface area (Å²) in [5, 5.41) is 12.0. The molecule has 0 aromatic heterocycles. The summed E-state index contributed by atoms with van der Waals surface area (Å²) in [7, 11) is 0. The van der Waals surface area contributed by atoms with Crippen LogP contribution in [0.5, 0.6) is 0 Å². The Balaban J connectivity index is 1.75. The number of hydrogen-bond acceptors (Lipinski definition) is 3. The van der Waals surface area contributed by atoms with Gasteiger partial charge in [0.15, 0.2) is 0 Å². The second-order valence-electron chi connectivity index (χ2n) is 4.96. The molecule has 3 rings (SSSR count). The van der Waals surface area contributed by atoms with E-state index in [9.17, 15) is 9.59 Å². The molecule has 4 atom stereocenters. The molecule has 2 N–H and O–H groups in total. The molecule has 3 fully saturated rings. The molecule has 2 heterocycles. The third-order valence-corrected chi connectivity index (χ3v) is 3.78. The van der Waals surface area contributed by atoms with Gasteiger partial charge in [0.1, 0.15) is 0 Å². The predicted molar refractivity (Wildman–Crippen MR) is 53.7 cm³/mol. The van der Waals surface area contributed by atoms with E-state index in [1.807, 2.05) is 0 Å². The molecular weight excluding hydrogens is 210 g/mol. The molecule has 1 aliphatic carbocycles. The zero-order valence-corrected chi connectivity index (χ0v) is 8.89. The van der Waals surface area contributed by atoms with E-state index in [0.29, 0.717) is 0 Å². The summed E-state index contributed by atoms with van der Waals surface area (Å²) in [6, 6.07) is 0.279. The van der Waals surface area contributed by atoms with Crippen LogP contribution in [-0.4, -0.2) is 35.2 Å². The Kier molecular flexibility index (Phi) is 2.17. The van der Waals surface area contributed by atoms with Gasteiger partial charge in [-0.05, 0) is 25.7 Å². The van der Waals surface area contributed by atoms with Crippen molar-refractivity contribution < 1.29 is 19.4 Å². The van der Waals surface area contributed by atoms with Gasteiger partial charge in [0.05, 0.1) is 24.0 Å². The van der Waals surface area contributed by atoms with Crippen LogP contribution in [0.15, 0.2) is 0 Å². The number of carbonyl (C=O) groups is 2. The van der Waals surface area contributed by atoms with Gasteiger partial charge in [-0.15, -0.1) is 0 Å². The zero-order valence-electron chi connectivity index (χ0n) is 8.89. The van der Waals surface area contributed by atoms with Crippen LogP contribution < -0.4 is 5.32 Å². The normalized spacial score (nSPS) is 41.0. The number of aliphatic carboxylic acids is 1. The maximum atomic E-state index is 11.9. The SMILES string of the molecule is O=C(O)[C@@H]1[C@@H](C(=O)NC2CC2)[C@H]2CC[C@H]1O2. The smallest absolute Gasteiger partial charge is 0.310 e. The summed E-state index contributed by atoms with van der Waals surface area (Å²) in [5.74, 6) is -2.14. The Morgan fingerprint density at radius 1 is 1.06 bits per heavy atom. The van der Waals surface area contributed by atoms with Crippen LogP contribution >= 0.6 is 0 Å². The molecule has 0 aromatic rings. The van der Waals surface area contributed by atoms with E-state index < -0.39 is 17.8 Å². The number of carboxylic acid groups (broad SMARTS) is 1. The minimum Gasteiger partial charge on any atom is -0.481 e. The summed E-state index contributed by atoms with van der Waals surface area (Å²) in [6.07, 6.45) is 3.20. The van der Waals surface area contributed by atoms with E-state index in [-0.39, 0.29) is 24.2 Å². The molecule has 1 saturated carbocycles. The summed E-state index contributed by atoms with van der Waals surface area (Å²) < 4.78 is 5.54. The zero-order chi connectivity index (χ0) is 11.3. The minimum absolute atomic E-state index is 0.123. The van der Waals surface area contributed by atoms with Gasteiger partial charge in [0.25, 0.3) is 0 Å². The molecule has 16 heavy (non-hydrogen) atoms. The molecule has 0 radical (unpaired) electrons. The summed E-state index contributed by atoms with van der Waals surface area (Å²) >= 11 is 0. The van der Waals surface area contributed by atoms with Crippen LogP contribution in [0.4, 0.5) is 0 Å². The lowest BCUT2D eigenvalue weighted by molar-refractivity contribution is -0.147. The second kappa shape index (κ2) is 3.45. The van der Waals surface area contributed by atoms with Gasteiger partial charge in [-0.3, -0.25) is 9.59 Å². The van der Waals surface area contributed by atoms with Crippen molar-refractivity contribution in [3.05, 3.63) is 0 Å². The van der Waals surface area contributed by atoms with Crippen LogP contribution in [0.3, 0.4) is 0 Å². The third kappa shape index (κ3) is 1.50. The largest absolute Gasteiger partial charge is 0.481 e. The molecule has 1 amide bonds. The molecular formula is C11H15NO4. The fourth-order valence-corrected chi connectivity index (χ4v) is 2.85. The Morgan fingerprint density at radius 2 is 1.69 bits per heavy atom. The lowest BCUT2D eigenvalue weighted by Gasteiger charge is -2.23. The molecule has 0 spiro atoms. The third-order valence-electron chi connectivity index (χ3n) is 3.78. The number of carboxylic acids is 1. The van der Waals surface area contributed by atoms with Gasteiger partial charge >= 0.3 is 5.97 Å². The molecule has 88 valence electrons. The van der Waals surface area contributed by atoms with Crippen molar-refractivity contribution in [1.29, 1.82) is 0 Å². The highest BCUT2D eigenvalue weighted by atomic mass is 16.5. The van der Waals surface area contributed by atoms with Gasteiger partial charge in [-0.25, -0.2) is 0 Å². The van der Waals surface area contributed by atoms with Crippen LogP contribution in [0, 0.1) is 11.8 Å². The standard InChI is InChI=1S/C11H15NO4/c13-10(12-5-1-2-5)8-6-3-4-7(16-6)9(8)11(14)15/h5-9H,1-4H2,(H,12,13)(H,14,15)/t6-,7-,8+,9+/m1/s1. The Hall–Kier alpha value is -1.10. The monoisotopic (exact) mass is 225 g/mol. The number of carbonyl (C=O) groups excluding carboxylic acids is 1. The number of hydrogen-bond donors (Lipinski definition) is 2. The molecule has 5 heteroatoms. The molecule has 3 aliphatic rings. The number of rotatable bonds is 3. The lowest BCUT2D eigenvalue weighted by Crippen LogP contribution is -2.44. The van der Waals surface area contributed by atoms with Crippen molar-refractivity contribution in [2.75, 3.05) is 0 Å². The van der Waals surface area contributed by atoms with E-state index >= 15 is 0 Å². The summed E-state index contributed by atoms with van der Waals surface area (Å²) in [5.41, 5.74) is 0. The number of ether oxygens (including phenoxy) is 1. The topological polar surface area (TPSA) is 75.6 Å². The second-order valence-corrected chi connectivity index (χ2v) is 4.96. The van der Waals surface area contributed by atoms with Crippen LogP contribution in [-0.2, 0) is 14.3 Å². The highest BCUT2D eigenvalue weighted by Crippen LogP contribution is 2.43. The molecule has 0 aromatic carbocycles. The average molecular weight is 225 g/mol. The summed E-state index contributed by atoms with van der Waals surface area (Å²) in [6.45, 7) is 0. The van der Waals surface area contributed by atoms with E-state index in [1.165, 1.54) is 0 Å². The summed E-state index contributed by atoms with van der Waals surface area (Å²) in [4.78, 5) is 23.1. The molecule has 5 nitrogen and oxygen atoms in total. The fourth-order valence-electron chi connectivity index (χ4n) is 2.85. The molecule has 2 bridgehead atoms. The highest BCUT2D eigenvalue weighted by molar-refractivity contribution is 5.86. The van der Waals surface area contributed by atoms with Gasteiger partial charge in [0.2, 0.25) is 5.91 Å². The minimum atomic E-state index is -0.900. The van der Waals surface area contributed by atoms with Gasteiger partial charge in [0, 0.05) is 6.04 Å². The van der Waals surface area contributed by atoms with Gasteiger partial charge in [-0.2, -0.15) is 0 Å². The van der Waals surface area contributed by atoms with Crippen LogP contribution in [0.1, 0.15) is 25.7 Å². The van der Waals surface area contributed by atoms with Gasteiger partial charge < -0.3 is 15.2 Å². The number of amides is 1. The number of fused-ring (bicyclic) bond motifs is 2. The Labute approximate surface area is 93.2 Å². The highest BCUT2D eigenvalue weighted by Gasteiger charge is 2.55. The first-order valence-electron chi connectivity index (χ1n) is 5.85. The first kappa shape index (κ1) is 10.1. The van der Waals surface area contributed by atoms with E-state index in [0.717, 1.165) is 25.7 Å². The maximum absolute atomic E-state index is 11.9. The first-order chi connectivity index (χ1) is 7.66. The van der Waals surface area contributed by atoms with Crippen molar-refractivity contribution in [2.45, 2.75) is 43.9 Å². The first-order valence-corrected chi connectivity index (χ1v) is 5.85. The van der Waals surface area contributed by atoms with Crippen LogP contribution in [0.2, 0.25) is 0 Å². The van der Waals surface area contributed by atoms with E-state index in [1.54, 1.807) is 0 Å². The van der Waals surface area contributed by atoms with Crippen molar-refractivity contribution in [3.8, 4) is 0 Å². The van der Waals surface area contributed by atoms with E-state index in [2.05, 4.69) is 5.32 Å². The van der Waals surface area contributed by atoms with Crippen molar-refractivity contribution >= 4 is 11.9 Å². The molecule has 2 aliphatic heterocycles. The maximum Gasteiger partial charge on any atom is 0.310 e. The average Bonchev–Trinajstić information content (AvgIpc) is 2.81. The Bertz CT molecular complexity index is 339. The van der Waals surface area contributed by atoms with Crippen LogP contribution in [0.25, 0.3) is 0 Å². The number of nitrogens with one attached hydrogen (secondary N) is 1. The predicted octanol–water partition coefficient (Wildman–Crippen LogP) is 0.143. The Morgan fingerprint density at radius 3 is 2.25 bits per heavy atom. The van der Waals surface area contributed by atoms with Gasteiger partial charge in [-0.1, -0.05) is 0 Å². The lowest BCUT2D eigenvalue weighted by atomic mass is 9.78. The quantitative estimate of drug-likeness (QED) is 0.716. The van der Waals surface area contributed by atoms with E-state index in [4.69, 9.17) is 9.84 Å². The molecule has 2 saturated heterocycles.